The van der Waals surface area contributed by atoms with Gasteiger partial charge >= 0.3 is 0 Å². The molecular formula is C17H31IN4. The van der Waals surface area contributed by atoms with E-state index in [9.17, 15) is 0 Å². The molecule has 1 aromatic carbocycles. The number of guanidine groups is 1. The van der Waals surface area contributed by atoms with E-state index in [1.54, 1.807) is 0 Å². The highest BCUT2D eigenvalue weighted by Crippen LogP contribution is 2.10. The second-order valence-corrected chi connectivity index (χ2v) is 5.51. The van der Waals surface area contributed by atoms with Crippen molar-refractivity contribution < 1.29 is 0 Å². The molecular weight excluding hydrogens is 387 g/mol. The maximum Gasteiger partial charge on any atom is 0.191 e. The van der Waals surface area contributed by atoms with E-state index in [0.717, 1.165) is 19.0 Å². The van der Waals surface area contributed by atoms with Gasteiger partial charge in [-0.3, -0.25) is 4.99 Å². The molecule has 0 radical (unpaired) electrons. The zero-order valence-electron chi connectivity index (χ0n) is 14.5. The predicted octanol–water partition coefficient (Wildman–Crippen LogP) is 3.26. The highest BCUT2D eigenvalue weighted by atomic mass is 127. The van der Waals surface area contributed by atoms with Gasteiger partial charge in [-0.15, -0.1) is 24.0 Å². The molecule has 0 fully saturated rings. The monoisotopic (exact) mass is 418 g/mol. The zero-order chi connectivity index (χ0) is 15.7. The molecule has 0 aliphatic rings. The Labute approximate surface area is 152 Å². The van der Waals surface area contributed by atoms with Crippen molar-refractivity contribution in [1.82, 2.24) is 15.5 Å². The number of halogens is 1. The van der Waals surface area contributed by atoms with Gasteiger partial charge in [-0.05, 0) is 32.9 Å². The Morgan fingerprint density at radius 1 is 1.23 bits per heavy atom. The van der Waals surface area contributed by atoms with Gasteiger partial charge in [0, 0.05) is 26.2 Å². The van der Waals surface area contributed by atoms with Crippen LogP contribution in [0.3, 0.4) is 0 Å². The third-order valence-corrected chi connectivity index (χ3v) is 3.98. The molecule has 0 spiro atoms. The lowest BCUT2D eigenvalue weighted by Gasteiger charge is -2.24. The fourth-order valence-corrected chi connectivity index (χ4v) is 2.11. The zero-order valence-corrected chi connectivity index (χ0v) is 16.8. The van der Waals surface area contributed by atoms with Gasteiger partial charge < -0.3 is 15.5 Å². The Bertz CT molecular complexity index is 422. The van der Waals surface area contributed by atoms with Gasteiger partial charge in [-0.2, -0.15) is 0 Å². The highest BCUT2D eigenvalue weighted by molar-refractivity contribution is 14.0. The molecule has 0 aromatic heterocycles. The van der Waals surface area contributed by atoms with E-state index >= 15 is 0 Å². The number of likely N-dealkylation sites (N-methyl/N-ethyl adjacent to an activating group) is 1. The Kier molecular flexibility index (Phi) is 11.3. The van der Waals surface area contributed by atoms with Gasteiger partial charge in [0.15, 0.2) is 5.96 Å². The van der Waals surface area contributed by atoms with Gasteiger partial charge in [-0.1, -0.05) is 37.3 Å². The summed E-state index contributed by atoms with van der Waals surface area (Å²) < 4.78 is 0. The number of hydrogen-bond acceptors (Lipinski definition) is 2. The lowest BCUT2D eigenvalue weighted by molar-refractivity contribution is 0.255. The highest BCUT2D eigenvalue weighted by Gasteiger charge is 2.08. The molecule has 1 aromatic rings. The van der Waals surface area contributed by atoms with Crippen LogP contribution in [0, 0.1) is 0 Å². The van der Waals surface area contributed by atoms with E-state index in [1.165, 1.54) is 12.0 Å². The van der Waals surface area contributed by atoms with E-state index in [0.29, 0.717) is 6.04 Å². The van der Waals surface area contributed by atoms with Gasteiger partial charge in [0.2, 0.25) is 0 Å². The Hall–Kier alpha value is -0.820. The first-order valence-electron chi connectivity index (χ1n) is 7.80. The average molecular weight is 418 g/mol. The Balaban J connectivity index is 0.00000441. The van der Waals surface area contributed by atoms with Gasteiger partial charge in [0.1, 0.15) is 0 Å². The maximum absolute atomic E-state index is 4.29. The molecule has 22 heavy (non-hydrogen) atoms. The van der Waals surface area contributed by atoms with E-state index in [-0.39, 0.29) is 30.0 Å². The molecule has 0 amide bonds. The number of hydrogen-bond donors (Lipinski definition) is 2. The molecule has 0 saturated heterocycles. The normalized spacial score (nSPS) is 14.2. The van der Waals surface area contributed by atoms with Crippen molar-refractivity contribution in [1.29, 1.82) is 0 Å². The van der Waals surface area contributed by atoms with Crippen molar-refractivity contribution in [3.63, 3.8) is 0 Å². The van der Waals surface area contributed by atoms with Crippen LogP contribution in [-0.4, -0.2) is 44.1 Å². The van der Waals surface area contributed by atoms with Crippen LogP contribution >= 0.6 is 24.0 Å². The van der Waals surface area contributed by atoms with Gasteiger partial charge in [0.25, 0.3) is 0 Å². The van der Waals surface area contributed by atoms with Crippen molar-refractivity contribution in [2.24, 2.45) is 4.99 Å². The minimum Gasteiger partial charge on any atom is -0.355 e. The molecule has 2 N–H and O–H groups in total. The smallest absolute Gasteiger partial charge is 0.191 e. The second-order valence-electron chi connectivity index (χ2n) is 5.51. The number of nitrogens with one attached hydrogen (secondary N) is 2. The van der Waals surface area contributed by atoms with Gasteiger partial charge in [-0.25, -0.2) is 0 Å². The summed E-state index contributed by atoms with van der Waals surface area (Å²) in [6, 6.07) is 11.3. The summed E-state index contributed by atoms with van der Waals surface area (Å²) in [6.45, 7) is 8.52. The van der Waals surface area contributed by atoms with Crippen molar-refractivity contribution >= 4 is 29.9 Å². The maximum atomic E-state index is 4.29. The largest absolute Gasteiger partial charge is 0.355 e. The number of benzene rings is 1. The molecule has 0 aliphatic carbocycles. The fraction of sp³-hybridized carbons (Fsp3) is 0.588. The second kappa shape index (κ2) is 11.7. The first-order chi connectivity index (χ1) is 10.1. The molecule has 1 rings (SSSR count). The van der Waals surface area contributed by atoms with Crippen molar-refractivity contribution in [2.75, 3.05) is 27.2 Å². The third-order valence-electron chi connectivity index (χ3n) is 3.98. The van der Waals surface area contributed by atoms with Crippen molar-refractivity contribution in [3.05, 3.63) is 35.9 Å². The van der Waals surface area contributed by atoms with Crippen LogP contribution in [0.2, 0.25) is 0 Å². The van der Waals surface area contributed by atoms with Crippen LogP contribution in [0.15, 0.2) is 35.3 Å². The minimum absolute atomic E-state index is 0. The van der Waals surface area contributed by atoms with E-state index in [2.05, 4.69) is 72.6 Å². The number of nitrogens with zero attached hydrogens (tertiary/aromatic N) is 2. The summed E-state index contributed by atoms with van der Waals surface area (Å²) in [6.07, 6.45) is 1.18. The van der Waals surface area contributed by atoms with Crippen LogP contribution in [0.25, 0.3) is 0 Å². The van der Waals surface area contributed by atoms with E-state index in [1.807, 2.05) is 13.1 Å². The quantitative estimate of drug-likeness (QED) is 0.406. The molecule has 0 aliphatic heterocycles. The summed E-state index contributed by atoms with van der Waals surface area (Å²) in [7, 11) is 3.98. The van der Waals surface area contributed by atoms with Crippen LogP contribution in [0.4, 0.5) is 0 Å². The molecule has 2 atom stereocenters. The molecule has 0 bridgehead atoms. The van der Waals surface area contributed by atoms with Crippen LogP contribution < -0.4 is 10.6 Å². The van der Waals surface area contributed by atoms with E-state index < -0.39 is 0 Å². The fourth-order valence-electron chi connectivity index (χ4n) is 2.11. The van der Waals surface area contributed by atoms with Gasteiger partial charge in [0.05, 0.1) is 6.04 Å². The first kappa shape index (κ1) is 21.2. The van der Waals surface area contributed by atoms with Crippen LogP contribution in [0.5, 0.6) is 0 Å². The molecule has 0 heterocycles. The minimum atomic E-state index is 0. The molecule has 5 heteroatoms. The lowest BCUT2D eigenvalue weighted by Crippen LogP contribution is -2.43. The summed E-state index contributed by atoms with van der Waals surface area (Å²) in [5.41, 5.74) is 1.26. The molecule has 126 valence electrons. The topological polar surface area (TPSA) is 39.7 Å². The average Bonchev–Trinajstić information content (AvgIpc) is 2.53. The van der Waals surface area contributed by atoms with E-state index in [4.69, 9.17) is 0 Å². The summed E-state index contributed by atoms with van der Waals surface area (Å²) in [5.74, 6) is 0.851. The third kappa shape index (κ3) is 7.45. The standard InChI is InChI=1S/C17H30N4.HI/c1-6-14(2)21(5)13-12-19-17(18-4)20-15(3)16-10-8-7-9-11-16;/h7-11,14-15H,6,12-13H2,1-5H3,(H2,18,19,20);1H. The first-order valence-corrected chi connectivity index (χ1v) is 7.80. The summed E-state index contributed by atoms with van der Waals surface area (Å²) >= 11 is 0. The SMILES string of the molecule is CCC(C)N(C)CCNC(=NC)NC(C)c1ccccc1.I. The Morgan fingerprint density at radius 2 is 1.86 bits per heavy atom. The lowest BCUT2D eigenvalue weighted by atomic mass is 10.1. The van der Waals surface area contributed by atoms with Crippen molar-refractivity contribution in [2.45, 2.75) is 39.3 Å². The molecule has 4 nitrogen and oxygen atoms in total. The predicted molar refractivity (Wildman–Crippen MR) is 107 cm³/mol. The van der Waals surface area contributed by atoms with Crippen molar-refractivity contribution in [3.8, 4) is 0 Å². The van der Waals surface area contributed by atoms with Crippen LogP contribution in [0.1, 0.15) is 38.8 Å². The summed E-state index contributed by atoms with van der Waals surface area (Å²) in [5, 5.41) is 6.80. The number of aliphatic imine (C=N–C) groups is 1. The molecule has 0 saturated carbocycles. The number of rotatable bonds is 7. The Morgan fingerprint density at radius 3 is 2.41 bits per heavy atom. The summed E-state index contributed by atoms with van der Waals surface area (Å²) in [4.78, 5) is 6.65. The molecule has 2 unspecified atom stereocenters. The van der Waals surface area contributed by atoms with Crippen LogP contribution in [-0.2, 0) is 0 Å².